The normalized spacial score (nSPS) is 15.0. The lowest BCUT2D eigenvalue weighted by molar-refractivity contribution is -0.137. The summed E-state index contributed by atoms with van der Waals surface area (Å²) in [5, 5.41) is 3.33. The second-order valence-corrected chi connectivity index (χ2v) is 5.17. The van der Waals surface area contributed by atoms with Crippen molar-refractivity contribution in [2.75, 3.05) is 13.7 Å². The maximum absolute atomic E-state index is 12.8. The van der Waals surface area contributed by atoms with Crippen LogP contribution in [0, 0.1) is 6.92 Å². The standard InChI is InChI=1S/C16H24F3NO/c1-5-7-14(21-4)15(20-6-2)13-9-8-12(10-11(13)3)16(17,18)19/h8-10,14-15,20H,5-7H2,1-4H3. The SMILES string of the molecule is CCCC(OC)C(NCC)c1ccc(C(F)(F)F)cc1C. The van der Waals surface area contributed by atoms with Crippen molar-refractivity contribution < 1.29 is 17.9 Å². The predicted octanol–water partition coefficient (Wildman–Crippen LogP) is 4.48. The molecule has 0 aliphatic rings. The number of likely N-dealkylation sites (N-methyl/N-ethyl adjacent to an activating group) is 1. The lowest BCUT2D eigenvalue weighted by Crippen LogP contribution is -2.33. The number of methoxy groups -OCH3 is 1. The molecule has 0 aliphatic carbocycles. The van der Waals surface area contributed by atoms with Gasteiger partial charge in [0, 0.05) is 7.11 Å². The van der Waals surface area contributed by atoms with E-state index in [1.54, 1.807) is 20.1 Å². The summed E-state index contributed by atoms with van der Waals surface area (Å²) in [6.07, 6.45) is -2.54. The van der Waals surface area contributed by atoms with Gasteiger partial charge in [-0.25, -0.2) is 0 Å². The molecule has 1 rings (SSSR count). The fourth-order valence-electron chi connectivity index (χ4n) is 2.57. The second kappa shape index (κ2) is 7.80. The first-order chi connectivity index (χ1) is 9.85. The maximum Gasteiger partial charge on any atom is 0.416 e. The van der Waals surface area contributed by atoms with Gasteiger partial charge in [-0.3, -0.25) is 0 Å². The quantitative estimate of drug-likeness (QED) is 0.802. The highest BCUT2D eigenvalue weighted by molar-refractivity contribution is 5.35. The Balaban J connectivity index is 3.14. The van der Waals surface area contributed by atoms with E-state index in [9.17, 15) is 13.2 Å². The topological polar surface area (TPSA) is 21.3 Å². The van der Waals surface area contributed by atoms with E-state index < -0.39 is 11.7 Å². The second-order valence-electron chi connectivity index (χ2n) is 5.17. The summed E-state index contributed by atoms with van der Waals surface area (Å²) in [5.74, 6) is 0. The molecule has 0 fully saturated rings. The van der Waals surface area contributed by atoms with E-state index in [0.717, 1.165) is 31.0 Å². The van der Waals surface area contributed by atoms with Gasteiger partial charge in [-0.15, -0.1) is 0 Å². The molecule has 1 N–H and O–H groups in total. The minimum Gasteiger partial charge on any atom is -0.379 e. The lowest BCUT2D eigenvalue weighted by atomic mass is 9.93. The molecule has 0 spiro atoms. The van der Waals surface area contributed by atoms with Crippen LogP contribution in [-0.2, 0) is 10.9 Å². The summed E-state index contributed by atoms with van der Waals surface area (Å²) in [6.45, 7) is 6.49. The van der Waals surface area contributed by atoms with Crippen molar-refractivity contribution in [1.82, 2.24) is 5.32 Å². The Morgan fingerprint density at radius 1 is 1.24 bits per heavy atom. The van der Waals surface area contributed by atoms with Crippen LogP contribution in [0.4, 0.5) is 13.2 Å². The summed E-state index contributed by atoms with van der Waals surface area (Å²) in [4.78, 5) is 0. The number of alkyl halides is 3. The van der Waals surface area contributed by atoms with Crippen molar-refractivity contribution >= 4 is 0 Å². The van der Waals surface area contributed by atoms with E-state index in [-0.39, 0.29) is 12.1 Å². The fraction of sp³-hybridized carbons (Fsp3) is 0.625. The van der Waals surface area contributed by atoms with Crippen LogP contribution in [0.25, 0.3) is 0 Å². The zero-order valence-corrected chi connectivity index (χ0v) is 13.1. The van der Waals surface area contributed by atoms with Crippen molar-refractivity contribution in [2.45, 2.75) is 51.9 Å². The van der Waals surface area contributed by atoms with Crippen LogP contribution < -0.4 is 5.32 Å². The van der Waals surface area contributed by atoms with E-state index in [1.165, 1.54) is 6.07 Å². The number of benzene rings is 1. The molecule has 0 radical (unpaired) electrons. The van der Waals surface area contributed by atoms with Gasteiger partial charge in [-0.2, -0.15) is 13.2 Å². The fourth-order valence-corrected chi connectivity index (χ4v) is 2.57. The van der Waals surface area contributed by atoms with Gasteiger partial charge in [0.15, 0.2) is 0 Å². The molecule has 2 nitrogen and oxygen atoms in total. The van der Waals surface area contributed by atoms with Crippen molar-refractivity contribution in [1.29, 1.82) is 0 Å². The molecule has 2 unspecified atom stereocenters. The van der Waals surface area contributed by atoms with Crippen LogP contribution in [0.5, 0.6) is 0 Å². The first kappa shape index (κ1) is 18.0. The Kier molecular flexibility index (Phi) is 6.68. The number of halogens is 3. The maximum atomic E-state index is 12.8. The first-order valence-corrected chi connectivity index (χ1v) is 7.29. The molecular weight excluding hydrogens is 279 g/mol. The minimum absolute atomic E-state index is 0.0506. The molecule has 0 aromatic heterocycles. The molecule has 2 atom stereocenters. The van der Waals surface area contributed by atoms with Crippen LogP contribution in [-0.4, -0.2) is 19.8 Å². The van der Waals surface area contributed by atoms with Gasteiger partial charge in [0.25, 0.3) is 0 Å². The molecule has 5 heteroatoms. The van der Waals surface area contributed by atoms with Crippen molar-refractivity contribution in [3.63, 3.8) is 0 Å². The van der Waals surface area contributed by atoms with Crippen LogP contribution in [0.15, 0.2) is 18.2 Å². The number of hydrogen-bond donors (Lipinski definition) is 1. The monoisotopic (exact) mass is 303 g/mol. The zero-order chi connectivity index (χ0) is 16.0. The van der Waals surface area contributed by atoms with E-state index >= 15 is 0 Å². The molecule has 0 heterocycles. The van der Waals surface area contributed by atoms with Crippen LogP contribution in [0.2, 0.25) is 0 Å². The summed E-state index contributed by atoms with van der Waals surface area (Å²) in [7, 11) is 1.64. The lowest BCUT2D eigenvalue weighted by Gasteiger charge is -2.28. The summed E-state index contributed by atoms with van der Waals surface area (Å²) >= 11 is 0. The van der Waals surface area contributed by atoms with Crippen LogP contribution in [0.1, 0.15) is 49.4 Å². The molecule has 21 heavy (non-hydrogen) atoms. The third kappa shape index (κ3) is 4.71. The molecule has 1 aromatic rings. The first-order valence-electron chi connectivity index (χ1n) is 7.29. The highest BCUT2D eigenvalue weighted by Crippen LogP contribution is 2.33. The van der Waals surface area contributed by atoms with Gasteiger partial charge in [0.1, 0.15) is 0 Å². The number of hydrogen-bond acceptors (Lipinski definition) is 2. The molecule has 0 amide bonds. The molecule has 1 aromatic carbocycles. The molecule has 0 bridgehead atoms. The third-order valence-electron chi connectivity index (χ3n) is 3.60. The Bertz CT molecular complexity index is 446. The average molecular weight is 303 g/mol. The highest BCUT2D eigenvalue weighted by Gasteiger charge is 2.31. The van der Waals surface area contributed by atoms with Gasteiger partial charge in [0.2, 0.25) is 0 Å². The van der Waals surface area contributed by atoms with Crippen molar-refractivity contribution in [3.05, 3.63) is 34.9 Å². The van der Waals surface area contributed by atoms with Crippen LogP contribution >= 0.6 is 0 Å². The molecule has 120 valence electrons. The Morgan fingerprint density at radius 3 is 2.33 bits per heavy atom. The van der Waals surface area contributed by atoms with Gasteiger partial charge in [-0.05, 0) is 43.1 Å². The smallest absolute Gasteiger partial charge is 0.379 e. The van der Waals surface area contributed by atoms with E-state index in [4.69, 9.17) is 4.74 Å². The summed E-state index contributed by atoms with van der Waals surface area (Å²) < 4.78 is 43.8. The third-order valence-corrected chi connectivity index (χ3v) is 3.60. The largest absolute Gasteiger partial charge is 0.416 e. The zero-order valence-electron chi connectivity index (χ0n) is 13.1. The molecular formula is C16H24F3NO. The Labute approximate surface area is 124 Å². The van der Waals surface area contributed by atoms with Crippen molar-refractivity contribution in [3.8, 4) is 0 Å². The van der Waals surface area contributed by atoms with Gasteiger partial charge in [0.05, 0.1) is 17.7 Å². The number of rotatable bonds is 7. The van der Waals surface area contributed by atoms with Crippen molar-refractivity contribution in [2.24, 2.45) is 0 Å². The number of aryl methyl sites for hydroxylation is 1. The number of ether oxygens (including phenoxy) is 1. The molecule has 0 aliphatic heterocycles. The van der Waals surface area contributed by atoms with Gasteiger partial charge >= 0.3 is 6.18 Å². The van der Waals surface area contributed by atoms with E-state index in [0.29, 0.717) is 5.56 Å². The summed E-state index contributed by atoms with van der Waals surface area (Å²) in [6, 6.07) is 3.82. The van der Waals surface area contributed by atoms with Crippen LogP contribution in [0.3, 0.4) is 0 Å². The van der Waals surface area contributed by atoms with Gasteiger partial charge < -0.3 is 10.1 Å². The average Bonchev–Trinajstić information content (AvgIpc) is 2.42. The minimum atomic E-state index is -4.30. The van der Waals surface area contributed by atoms with E-state index in [1.807, 2.05) is 6.92 Å². The molecule has 0 saturated carbocycles. The molecule has 0 saturated heterocycles. The predicted molar refractivity (Wildman–Crippen MR) is 78.3 cm³/mol. The Morgan fingerprint density at radius 2 is 1.90 bits per heavy atom. The summed E-state index contributed by atoms with van der Waals surface area (Å²) in [5.41, 5.74) is 0.891. The number of nitrogens with one attached hydrogen (secondary N) is 1. The highest BCUT2D eigenvalue weighted by atomic mass is 19.4. The van der Waals surface area contributed by atoms with Gasteiger partial charge in [-0.1, -0.05) is 26.3 Å². The van der Waals surface area contributed by atoms with E-state index in [2.05, 4.69) is 12.2 Å². The Hall–Kier alpha value is -1.07.